The Labute approximate surface area is 290 Å². The molecule has 49 heavy (non-hydrogen) atoms. The lowest BCUT2D eigenvalue weighted by atomic mass is 9.91. The van der Waals surface area contributed by atoms with Crippen molar-refractivity contribution in [2.24, 2.45) is 0 Å². The van der Waals surface area contributed by atoms with Gasteiger partial charge in [0.25, 0.3) is 5.56 Å². The molecule has 250 valence electrons. The van der Waals surface area contributed by atoms with E-state index in [-0.39, 0.29) is 29.5 Å². The van der Waals surface area contributed by atoms with Crippen molar-refractivity contribution in [3.8, 4) is 33.4 Å². The fourth-order valence-electron chi connectivity index (χ4n) is 6.84. The Bertz CT molecular complexity index is 2090. The van der Waals surface area contributed by atoms with Crippen LogP contribution in [0.25, 0.3) is 39.0 Å². The van der Waals surface area contributed by atoms with E-state index in [1.165, 1.54) is 5.56 Å². The standard InChI is InChI=1S/C39H39ClN6O3/c1-24-31(27-16-17-46-35(18-27)43-21-28(39(46)49)20-42-23-30-13-15-37(48)45-30)4-2-5-32(24)34-7-3-6-33(38(34)40)26-10-8-25(9-11-26)19-41-22-29-12-14-36(47)44-29/h2-11,16-18,21,29-30,41-42H,12-15,19-20,22-23H2,1H3,(H,44,47)(H,45,48)/t29-,30-/m0/s1. The molecule has 0 saturated carbocycles. The first-order chi connectivity index (χ1) is 23.8. The Morgan fingerprint density at radius 1 is 0.776 bits per heavy atom. The number of amides is 2. The van der Waals surface area contributed by atoms with Gasteiger partial charge in [0.15, 0.2) is 0 Å². The fraction of sp³-hybridized carbons (Fsp3) is 0.282. The highest BCUT2D eigenvalue weighted by Gasteiger charge is 2.21. The molecule has 0 radical (unpaired) electrons. The maximum absolute atomic E-state index is 13.3. The van der Waals surface area contributed by atoms with Crippen LogP contribution < -0.4 is 26.8 Å². The smallest absolute Gasteiger partial charge is 0.262 e. The largest absolute Gasteiger partial charge is 0.352 e. The molecule has 7 rings (SSSR count). The van der Waals surface area contributed by atoms with Crippen LogP contribution in [0.1, 0.15) is 42.4 Å². The van der Waals surface area contributed by atoms with Gasteiger partial charge in [-0.15, -0.1) is 0 Å². The van der Waals surface area contributed by atoms with Crippen molar-refractivity contribution >= 4 is 29.1 Å². The Morgan fingerprint density at radius 2 is 1.41 bits per heavy atom. The van der Waals surface area contributed by atoms with E-state index in [4.69, 9.17) is 11.6 Å². The maximum Gasteiger partial charge on any atom is 0.262 e. The number of nitrogens with zero attached hydrogens (tertiary/aromatic N) is 2. The number of halogens is 1. The number of nitrogens with one attached hydrogen (secondary N) is 4. The number of fused-ring (bicyclic) bond motifs is 1. The number of aromatic nitrogens is 2. The van der Waals surface area contributed by atoms with Gasteiger partial charge in [-0.1, -0.05) is 72.3 Å². The number of benzene rings is 3. The first-order valence-corrected chi connectivity index (χ1v) is 17.2. The molecule has 2 fully saturated rings. The van der Waals surface area contributed by atoms with Gasteiger partial charge in [0.2, 0.25) is 11.8 Å². The summed E-state index contributed by atoms with van der Waals surface area (Å²) in [5.74, 6) is 0.210. The average Bonchev–Trinajstić information content (AvgIpc) is 3.73. The van der Waals surface area contributed by atoms with E-state index >= 15 is 0 Å². The second kappa shape index (κ2) is 14.3. The number of carbonyl (C=O) groups excluding carboxylic acids is 2. The zero-order valence-corrected chi connectivity index (χ0v) is 28.1. The van der Waals surface area contributed by atoms with Crippen LogP contribution in [-0.2, 0) is 22.7 Å². The number of hydrogen-bond acceptors (Lipinski definition) is 6. The Balaban J connectivity index is 1.07. The molecule has 0 spiro atoms. The highest BCUT2D eigenvalue weighted by molar-refractivity contribution is 6.36. The average molecular weight is 675 g/mol. The third-order valence-corrected chi connectivity index (χ3v) is 9.98. The molecule has 9 nitrogen and oxygen atoms in total. The van der Waals surface area contributed by atoms with E-state index in [0.29, 0.717) is 42.2 Å². The van der Waals surface area contributed by atoms with Gasteiger partial charge < -0.3 is 21.3 Å². The van der Waals surface area contributed by atoms with Crippen LogP contribution in [0.3, 0.4) is 0 Å². The summed E-state index contributed by atoms with van der Waals surface area (Å²) in [6, 6.07) is 25.0. The van der Waals surface area contributed by atoms with Crippen molar-refractivity contribution in [1.82, 2.24) is 30.7 Å². The molecule has 2 amide bonds. The lowest BCUT2D eigenvalue weighted by Gasteiger charge is -2.16. The Kier molecular flexibility index (Phi) is 9.57. The summed E-state index contributed by atoms with van der Waals surface area (Å²) in [4.78, 5) is 40.8. The monoisotopic (exact) mass is 674 g/mol. The third kappa shape index (κ3) is 7.15. The molecule has 0 unspecified atom stereocenters. The van der Waals surface area contributed by atoms with E-state index in [1.54, 1.807) is 16.8 Å². The first kappa shape index (κ1) is 32.7. The Hall–Kier alpha value is -4.83. The van der Waals surface area contributed by atoms with Crippen LogP contribution in [0.5, 0.6) is 0 Å². The van der Waals surface area contributed by atoms with Crippen molar-refractivity contribution < 1.29 is 9.59 Å². The van der Waals surface area contributed by atoms with Gasteiger partial charge in [0, 0.05) is 80.2 Å². The maximum atomic E-state index is 13.3. The lowest BCUT2D eigenvalue weighted by Crippen LogP contribution is -2.36. The highest BCUT2D eigenvalue weighted by atomic mass is 35.5. The molecule has 2 aliphatic heterocycles. The molecule has 2 atom stereocenters. The fourth-order valence-corrected chi connectivity index (χ4v) is 7.18. The van der Waals surface area contributed by atoms with Gasteiger partial charge in [-0.2, -0.15) is 0 Å². The highest BCUT2D eigenvalue weighted by Crippen LogP contribution is 2.40. The molecule has 5 aromatic rings. The summed E-state index contributed by atoms with van der Waals surface area (Å²) in [5, 5.41) is 13.3. The molecule has 2 aromatic heterocycles. The van der Waals surface area contributed by atoms with Crippen molar-refractivity contribution in [1.29, 1.82) is 0 Å². The summed E-state index contributed by atoms with van der Waals surface area (Å²) in [5.41, 5.74) is 9.26. The lowest BCUT2D eigenvalue weighted by molar-refractivity contribution is -0.120. The van der Waals surface area contributed by atoms with Crippen LogP contribution in [0, 0.1) is 6.92 Å². The molecule has 4 N–H and O–H groups in total. The van der Waals surface area contributed by atoms with Crippen LogP contribution in [0.2, 0.25) is 5.02 Å². The quantitative estimate of drug-likeness (QED) is 0.149. The molecular formula is C39H39ClN6O3. The summed E-state index contributed by atoms with van der Waals surface area (Å²) < 4.78 is 1.58. The van der Waals surface area contributed by atoms with Crippen molar-refractivity contribution in [3.05, 3.63) is 117 Å². The molecular weight excluding hydrogens is 636 g/mol. The van der Waals surface area contributed by atoms with E-state index in [0.717, 1.165) is 64.9 Å². The van der Waals surface area contributed by atoms with Crippen molar-refractivity contribution in [2.45, 2.75) is 57.8 Å². The third-order valence-electron chi connectivity index (χ3n) is 9.58. The minimum absolute atomic E-state index is 0.0763. The van der Waals surface area contributed by atoms with Gasteiger partial charge in [-0.3, -0.25) is 18.8 Å². The summed E-state index contributed by atoms with van der Waals surface area (Å²) in [6.45, 7) is 4.58. The van der Waals surface area contributed by atoms with Gasteiger partial charge in [-0.05, 0) is 65.3 Å². The molecule has 3 aromatic carbocycles. The molecule has 0 aliphatic carbocycles. The number of pyridine rings is 1. The van der Waals surface area contributed by atoms with E-state index in [9.17, 15) is 14.4 Å². The summed E-state index contributed by atoms with van der Waals surface area (Å²) in [6.07, 6.45) is 6.27. The summed E-state index contributed by atoms with van der Waals surface area (Å²) >= 11 is 7.13. The molecule has 10 heteroatoms. The SMILES string of the molecule is Cc1c(-c2ccn3c(=O)c(CNC[C@@H]4CCC(=O)N4)cnc3c2)cccc1-c1cccc(-c2ccc(CNC[C@@H]3CCC(=O)N3)cc2)c1Cl. The molecule has 4 heterocycles. The van der Waals surface area contributed by atoms with Gasteiger partial charge in [0.05, 0.1) is 5.02 Å². The topological polar surface area (TPSA) is 117 Å². The van der Waals surface area contributed by atoms with Crippen LogP contribution >= 0.6 is 11.6 Å². The molecule has 2 aliphatic rings. The van der Waals surface area contributed by atoms with Crippen molar-refractivity contribution in [2.75, 3.05) is 13.1 Å². The van der Waals surface area contributed by atoms with Crippen LogP contribution in [0.4, 0.5) is 0 Å². The van der Waals surface area contributed by atoms with Gasteiger partial charge in [0.1, 0.15) is 5.65 Å². The predicted molar refractivity (Wildman–Crippen MR) is 193 cm³/mol. The van der Waals surface area contributed by atoms with Crippen LogP contribution in [0.15, 0.2) is 90.0 Å². The zero-order valence-electron chi connectivity index (χ0n) is 27.4. The summed E-state index contributed by atoms with van der Waals surface area (Å²) in [7, 11) is 0. The van der Waals surface area contributed by atoms with Gasteiger partial charge in [-0.25, -0.2) is 4.98 Å². The first-order valence-electron chi connectivity index (χ1n) is 16.8. The second-order valence-electron chi connectivity index (χ2n) is 12.9. The van der Waals surface area contributed by atoms with Crippen LogP contribution in [-0.4, -0.2) is 46.4 Å². The molecule has 2 saturated heterocycles. The van der Waals surface area contributed by atoms with Crippen molar-refractivity contribution in [3.63, 3.8) is 0 Å². The zero-order chi connectivity index (χ0) is 33.9. The van der Waals surface area contributed by atoms with E-state index in [1.807, 2.05) is 30.3 Å². The minimum atomic E-state index is -0.114. The Morgan fingerprint density at radius 3 is 2.08 bits per heavy atom. The second-order valence-corrected chi connectivity index (χ2v) is 13.3. The number of carbonyl (C=O) groups is 2. The number of rotatable bonds is 11. The van der Waals surface area contributed by atoms with E-state index < -0.39 is 0 Å². The normalized spacial score (nSPS) is 17.4. The molecule has 0 bridgehead atoms. The number of hydrogen-bond donors (Lipinski definition) is 4. The van der Waals surface area contributed by atoms with Gasteiger partial charge >= 0.3 is 0 Å². The minimum Gasteiger partial charge on any atom is -0.352 e. The van der Waals surface area contributed by atoms with E-state index in [2.05, 4.69) is 75.6 Å². The predicted octanol–water partition coefficient (Wildman–Crippen LogP) is 5.39.